The first-order valence-electron chi connectivity index (χ1n) is 6.77. The van der Waals surface area contributed by atoms with Crippen molar-refractivity contribution in [3.63, 3.8) is 0 Å². The largest absolute Gasteiger partial charge is 0.328 e. The molecule has 4 nitrogen and oxygen atoms in total. The van der Waals surface area contributed by atoms with Crippen LogP contribution in [0.1, 0.15) is 52.9 Å². The molecule has 0 aliphatic carbocycles. The van der Waals surface area contributed by atoms with Gasteiger partial charge in [0.15, 0.2) is 9.84 Å². The van der Waals surface area contributed by atoms with E-state index in [9.17, 15) is 13.2 Å². The van der Waals surface area contributed by atoms with Crippen molar-refractivity contribution in [2.24, 2.45) is 11.7 Å². The van der Waals surface area contributed by atoms with Crippen LogP contribution in [0.3, 0.4) is 0 Å². The van der Waals surface area contributed by atoms with E-state index in [-0.39, 0.29) is 35.7 Å². The van der Waals surface area contributed by atoms with Crippen LogP contribution < -0.4 is 5.73 Å². The van der Waals surface area contributed by atoms with Gasteiger partial charge in [0.1, 0.15) is 5.78 Å². The minimum atomic E-state index is -3.04. The van der Waals surface area contributed by atoms with Gasteiger partial charge in [0.25, 0.3) is 0 Å². The Morgan fingerprint density at radius 1 is 1.17 bits per heavy atom. The lowest BCUT2D eigenvalue weighted by Gasteiger charge is -2.11. The Kier molecular flexibility index (Phi) is 8.44. The molecule has 0 fully saturated rings. The SMILES string of the molecule is CCCS(=O)(=O)CCC(=O)C(C)CCCC(C)N. The fourth-order valence-corrected chi connectivity index (χ4v) is 3.16. The van der Waals surface area contributed by atoms with E-state index in [0.29, 0.717) is 6.42 Å². The Morgan fingerprint density at radius 3 is 2.28 bits per heavy atom. The zero-order chi connectivity index (χ0) is 14.2. The molecule has 18 heavy (non-hydrogen) atoms. The van der Waals surface area contributed by atoms with Crippen LogP contribution in [0.15, 0.2) is 0 Å². The van der Waals surface area contributed by atoms with Gasteiger partial charge in [0.05, 0.1) is 5.75 Å². The van der Waals surface area contributed by atoms with Crippen molar-refractivity contribution in [1.82, 2.24) is 0 Å². The summed E-state index contributed by atoms with van der Waals surface area (Å²) in [6.45, 7) is 5.65. The minimum Gasteiger partial charge on any atom is -0.328 e. The molecular formula is C13H27NO3S. The van der Waals surface area contributed by atoms with E-state index in [1.54, 1.807) is 0 Å². The second kappa shape index (κ2) is 8.64. The molecule has 0 heterocycles. The summed E-state index contributed by atoms with van der Waals surface area (Å²) in [6.07, 6.45) is 3.40. The second-order valence-electron chi connectivity index (χ2n) is 5.18. The first-order valence-corrected chi connectivity index (χ1v) is 8.59. The van der Waals surface area contributed by atoms with E-state index < -0.39 is 9.84 Å². The van der Waals surface area contributed by atoms with Crippen LogP contribution >= 0.6 is 0 Å². The maximum Gasteiger partial charge on any atom is 0.150 e. The molecular weight excluding hydrogens is 250 g/mol. The van der Waals surface area contributed by atoms with Crippen molar-refractivity contribution in [1.29, 1.82) is 0 Å². The molecule has 0 saturated carbocycles. The van der Waals surface area contributed by atoms with Gasteiger partial charge in [-0.15, -0.1) is 0 Å². The molecule has 0 aromatic carbocycles. The monoisotopic (exact) mass is 277 g/mol. The topological polar surface area (TPSA) is 77.2 Å². The molecule has 2 N–H and O–H groups in total. The molecule has 0 bridgehead atoms. The highest BCUT2D eigenvalue weighted by Gasteiger charge is 2.17. The third-order valence-corrected chi connectivity index (χ3v) is 4.88. The van der Waals surface area contributed by atoms with Crippen molar-refractivity contribution in [3.05, 3.63) is 0 Å². The van der Waals surface area contributed by atoms with Gasteiger partial charge in [0.2, 0.25) is 0 Å². The van der Waals surface area contributed by atoms with E-state index in [4.69, 9.17) is 5.73 Å². The van der Waals surface area contributed by atoms with Crippen LogP contribution in [0.25, 0.3) is 0 Å². The lowest BCUT2D eigenvalue weighted by molar-refractivity contribution is -0.122. The maximum atomic E-state index is 11.8. The predicted molar refractivity (Wildman–Crippen MR) is 75.2 cm³/mol. The molecule has 0 aromatic rings. The summed E-state index contributed by atoms with van der Waals surface area (Å²) in [7, 11) is -3.04. The fourth-order valence-electron chi connectivity index (χ4n) is 1.82. The van der Waals surface area contributed by atoms with Gasteiger partial charge in [0, 0.05) is 24.1 Å². The number of Topliss-reactive ketones (excluding diaryl/α,β-unsaturated/α-hetero) is 1. The van der Waals surface area contributed by atoms with Crippen LogP contribution in [0.4, 0.5) is 0 Å². The molecule has 0 aliphatic heterocycles. The van der Waals surface area contributed by atoms with Crippen molar-refractivity contribution in [2.45, 2.75) is 58.9 Å². The van der Waals surface area contributed by atoms with Crippen molar-refractivity contribution in [2.75, 3.05) is 11.5 Å². The van der Waals surface area contributed by atoms with Gasteiger partial charge in [-0.25, -0.2) is 8.42 Å². The smallest absolute Gasteiger partial charge is 0.150 e. The summed E-state index contributed by atoms with van der Waals surface area (Å²) < 4.78 is 23.0. The molecule has 0 aromatic heterocycles. The molecule has 0 aliphatic rings. The normalized spacial score (nSPS) is 15.3. The van der Waals surface area contributed by atoms with Gasteiger partial charge in [-0.3, -0.25) is 4.79 Å². The van der Waals surface area contributed by atoms with Gasteiger partial charge in [-0.05, 0) is 26.2 Å². The minimum absolute atomic E-state index is 0.00267. The van der Waals surface area contributed by atoms with Crippen LogP contribution in [-0.2, 0) is 14.6 Å². The van der Waals surface area contributed by atoms with E-state index >= 15 is 0 Å². The molecule has 0 radical (unpaired) electrons. The number of sulfone groups is 1. The zero-order valence-electron chi connectivity index (χ0n) is 11.8. The van der Waals surface area contributed by atoms with Crippen LogP contribution in [0.5, 0.6) is 0 Å². The molecule has 0 spiro atoms. The van der Waals surface area contributed by atoms with Crippen molar-refractivity contribution in [3.8, 4) is 0 Å². The summed E-state index contributed by atoms with van der Waals surface area (Å²) in [6, 6.07) is 0.164. The molecule has 2 atom stereocenters. The second-order valence-corrected chi connectivity index (χ2v) is 7.48. The first-order chi connectivity index (χ1) is 8.28. The summed E-state index contributed by atoms with van der Waals surface area (Å²) in [4.78, 5) is 11.8. The van der Waals surface area contributed by atoms with Crippen molar-refractivity contribution >= 4 is 15.6 Å². The van der Waals surface area contributed by atoms with E-state index in [0.717, 1.165) is 19.3 Å². The predicted octanol–water partition coefficient (Wildman–Crippen LogP) is 1.92. The van der Waals surface area contributed by atoms with Crippen LogP contribution in [0.2, 0.25) is 0 Å². The lowest BCUT2D eigenvalue weighted by atomic mass is 9.97. The number of nitrogens with two attached hydrogens (primary N) is 1. The highest BCUT2D eigenvalue weighted by atomic mass is 32.2. The van der Waals surface area contributed by atoms with Crippen molar-refractivity contribution < 1.29 is 13.2 Å². The molecule has 0 rings (SSSR count). The van der Waals surface area contributed by atoms with Gasteiger partial charge >= 0.3 is 0 Å². The summed E-state index contributed by atoms with van der Waals surface area (Å²) in [5, 5.41) is 0. The molecule has 0 amide bonds. The molecule has 0 saturated heterocycles. The number of ketones is 1. The third kappa shape index (κ3) is 8.64. The number of hydrogen-bond donors (Lipinski definition) is 1. The standard InChI is InChI=1S/C13H27NO3S/c1-4-9-18(16,17)10-8-13(15)11(2)6-5-7-12(3)14/h11-12H,4-10,14H2,1-3H3. The summed E-state index contributed by atoms with van der Waals surface area (Å²) in [5.41, 5.74) is 5.64. The Morgan fingerprint density at radius 2 is 1.78 bits per heavy atom. The maximum absolute atomic E-state index is 11.8. The highest BCUT2D eigenvalue weighted by molar-refractivity contribution is 7.91. The Labute approximate surface area is 111 Å². The Hall–Kier alpha value is -0.420. The quantitative estimate of drug-likeness (QED) is 0.662. The Balaban J connectivity index is 3.95. The average molecular weight is 277 g/mol. The number of carbonyl (C=O) groups is 1. The zero-order valence-corrected chi connectivity index (χ0v) is 12.6. The van der Waals surface area contributed by atoms with Crippen LogP contribution in [-0.4, -0.2) is 31.7 Å². The van der Waals surface area contributed by atoms with Gasteiger partial charge in [-0.1, -0.05) is 20.3 Å². The first kappa shape index (κ1) is 17.6. The summed E-state index contributed by atoms with van der Waals surface area (Å²) >= 11 is 0. The van der Waals surface area contributed by atoms with Gasteiger partial charge < -0.3 is 5.73 Å². The molecule has 108 valence electrons. The Bertz CT molecular complexity index is 336. The van der Waals surface area contributed by atoms with E-state index in [1.807, 2.05) is 20.8 Å². The average Bonchev–Trinajstić information content (AvgIpc) is 2.25. The number of carbonyl (C=O) groups excluding carboxylic acids is 1. The van der Waals surface area contributed by atoms with Gasteiger partial charge in [-0.2, -0.15) is 0 Å². The fraction of sp³-hybridized carbons (Fsp3) is 0.923. The van der Waals surface area contributed by atoms with E-state index in [2.05, 4.69) is 0 Å². The van der Waals surface area contributed by atoms with Crippen LogP contribution in [0, 0.1) is 5.92 Å². The molecule has 5 heteroatoms. The van der Waals surface area contributed by atoms with E-state index in [1.165, 1.54) is 0 Å². The number of hydrogen-bond acceptors (Lipinski definition) is 4. The third-order valence-electron chi connectivity index (χ3n) is 3.02. The number of rotatable bonds is 10. The lowest BCUT2D eigenvalue weighted by Crippen LogP contribution is -2.19. The highest BCUT2D eigenvalue weighted by Crippen LogP contribution is 2.12. The summed E-state index contributed by atoms with van der Waals surface area (Å²) in [5.74, 6) is 0.177. The molecule has 2 unspecified atom stereocenters.